The molecule has 1 aliphatic carbocycles. The first-order valence-corrected chi connectivity index (χ1v) is 9.00. The van der Waals surface area contributed by atoms with E-state index in [1.54, 1.807) is 24.3 Å². The predicted octanol–water partition coefficient (Wildman–Crippen LogP) is 3.04. The van der Waals surface area contributed by atoms with Crippen molar-refractivity contribution < 1.29 is 18.8 Å². The van der Waals surface area contributed by atoms with Crippen molar-refractivity contribution in [3.8, 4) is 0 Å². The van der Waals surface area contributed by atoms with Crippen LogP contribution in [0, 0.1) is 17.7 Å². The van der Waals surface area contributed by atoms with Crippen molar-refractivity contribution in [2.75, 3.05) is 10.3 Å². The summed E-state index contributed by atoms with van der Waals surface area (Å²) in [5, 5.41) is 3.71. The van der Waals surface area contributed by atoms with Crippen molar-refractivity contribution >= 4 is 29.1 Å². The Kier molecular flexibility index (Phi) is 4.65. The lowest BCUT2D eigenvalue weighted by Gasteiger charge is -2.38. The van der Waals surface area contributed by atoms with E-state index in [9.17, 15) is 18.8 Å². The molecule has 1 heterocycles. The molecule has 1 aliphatic heterocycles. The minimum atomic E-state index is -0.540. The van der Waals surface area contributed by atoms with Crippen molar-refractivity contribution in [3.05, 3.63) is 72.1 Å². The minimum absolute atomic E-state index is 0.0667. The van der Waals surface area contributed by atoms with Crippen LogP contribution in [0.4, 0.5) is 15.8 Å². The highest BCUT2D eigenvalue weighted by atomic mass is 19.1. The second-order valence-corrected chi connectivity index (χ2v) is 6.79. The average molecular weight is 379 g/mol. The number of hydrogen-bond acceptors (Lipinski definition) is 3. The molecule has 2 unspecified atom stereocenters. The zero-order valence-corrected chi connectivity index (χ0v) is 14.9. The lowest BCUT2D eigenvalue weighted by Crippen LogP contribution is -2.59. The van der Waals surface area contributed by atoms with Crippen LogP contribution in [0.3, 0.4) is 0 Å². The number of halogens is 1. The van der Waals surface area contributed by atoms with Crippen molar-refractivity contribution in [2.45, 2.75) is 12.8 Å². The first kappa shape index (κ1) is 17.9. The van der Waals surface area contributed by atoms with Gasteiger partial charge < -0.3 is 5.32 Å². The van der Waals surface area contributed by atoms with Crippen LogP contribution in [-0.4, -0.2) is 17.7 Å². The van der Waals surface area contributed by atoms with E-state index in [0.717, 1.165) is 0 Å². The van der Waals surface area contributed by atoms with Crippen LogP contribution >= 0.6 is 0 Å². The number of para-hydroxylation sites is 1. The Morgan fingerprint density at radius 2 is 1.79 bits per heavy atom. The van der Waals surface area contributed by atoms with Gasteiger partial charge in [0, 0.05) is 5.56 Å². The number of benzene rings is 2. The van der Waals surface area contributed by atoms with E-state index in [2.05, 4.69) is 10.7 Å². The van der Waals surface area contributed by atoms with E-state index in [1.807, 2.05) is 12.2 Å². The summed E-state index contributed by atoms with van der Waals surface area (Å²) in [5.41, 5.74) is 3.32. The van der Waals surface area contributed by atoms with Gasteiger partial charge in [0.2, 0.25) is 11.8 Å². The van der Waals surface area contributed by atoms with Gasteiger partial charge in [0.25, 0.3) is 5.91 Å². The zero-order valence-electron chi connectivity index (χ0n) is 14.9. The van der Waals surface area contributed by atoms with Gasteiger partial charge >= 0.3 is 0 Å². The molecule has 1 saturated heterocycles. The summed E-state index contributed by atoms with van der Waals surface area (Å²) in [5.74, 6) is -2.24. The maximum Gasteiger partial charge on any atom is 0.255 e. The lowest BCUT2D eigenvalue weighted by molar-refractivity contribution is -0.139. The SMILES string of the molecule is O=C(Nc1ccccc1F)c1cccc(N2NC(=O)C3CC=CCC3C2=O)c1. The Balaban J connectivity index is 1.57. The molecule has 2 N–H and O–H groups in total. The Labute approximate surface area is 161 Å². The molecule has 3 amide bonds. The second kappa shape index (κ2) is 7.26. The van der Waals surface area contributed by atoms with Crippen LogP contribution < -0.4 is 15.8 Å². The monoisotopic (exact) mass is 379 g/mol. The van der Waals surface area contributed by atoms with Crippen molar-refractivity contribution in [1.29, 1.82) is 0 Å². The summed E-state index contributed by atoms with van der Waals surface area (Å²) in [7, 11) is 0. The number of hydrogen-bond donors (Lipinski definition) is 2. The van der Waals surface area contributed by atoms with E-state index in [1.165, 1.54) is 29.3 Å². The number of allylic oxidation sites excluding steroid dienone is 2. The van der Waals surface area contributed by atoms with E-state index in [-0.39, 0.29) is 29.0 Å². The van der Waals surface area contributed by atoms with E-state index < -0.39 is 17.6 Å². The van der Waals surface area contributed by atoms with Crippen molar-refractivity contribution in [3.63, 3.8) is 0 Å². The first-order valence-electron chi connectivity index (χ1n) is 9.00. The molecule has 2 aromatic rings. The van der Waals surface area contributed by atoms with Crippen LogP contribution in [0.15, 0.2) is 60.7 Å². The highest BCUT2D eigenvalue weighted by molar-refractivity contribution is 6.07. The molecule has 0 spiro atoms. The van der Waals surface area contributed by atoms with Crippen LogP contribution in [0.2, 0.25) is 0 Å². The molecule has 0 bridgehead atoms. The molecular weight excluding hydrogens is 361 g/mol. The van der Waals surface area contributed by atoms with Gasteiger partial charge in [0.15, 0.2) is 0 Å². The number of hydrazine groups is 1. The molecule has 0 aromatic heterocycles. The van der Waals surface area contributed by atoms with Crippen molar-refractivity contribution in [1.82, 2.24) is 5.43 Å². The molecule has 1 fully saturated rings. The van der Waals surface area contributed by atoms with Gasteiger partial charge in [-0.2, -0.15) is 0 Å². The lowest BCUT2D eigenvalue weighted by atomic mass is 9.80. The van der Waals surface area contributed by atoms with E-state index >= 15 is 0 Å². The number of carbonyl (C=O) groups is 3. The molecule has 6 nitrogen and oxygen atoms in total. The summed E-state index contributed by atoms with van der Waals surface area (Å²) in [6.45, 7) is 0. The molecule has 142 valence electrons. The molecule has 2 aromatic carbocycles. The molecule has 0 saturated carbocycles. The van der Waals surface area contributed by atoms with E-state index in [4.69, 9.17) is 0 Å². The Morgan fingerprint density at radius 1 is 1.04 bits per heavy atom. The molecule has 7 heteroatoms. The highest BCUT2D eigenvalue weighted by Gasteiger charge is 2.42. The van der Waals surface area contributed by atoms with Crippen LogP contribution in [0.25, 0.3) is 0 Å². The molecule has 4 rings (SSSR count). The first-order chi connectivity index (χ1) is 13.5. The largest absolute Gasteiger partial charge is 0.319 e. The Hall–Kier alpha value is -3.48. The van der Waals surface area contributed by atoms with Gasteiger partial charge in [-0.15, -0.1) is 0 Å². The normalized spacial score (nSPS) is 21.1. The van der Waals surface area contributed by atoms with Gasteiger partial charge in [-0.05, 0) is 43.2 Å². The fraction of sp³-hybridized carbons (Fsp3) is 0.190. The maximum atomic E-state index is 13.8. The summed E-state index contributed by atoms with van der Waals surface area (Å²) in [4.78, 5) is 37.7. The number of anilines is 2. The number of rotatable bonds is 3. The summed E-state index contributed by atoms with van der Waals surface area (Å²) in [6.07, 6.45) is 4.88. The van der Waals surface area contributed by atoms with Crippen LogP contribution in [-0.2, 0) is 9.59 Å². The van der Waals surface area contributed by atoms with Gasteiger partial charge in [-0.25, -0.2) is 9.40 Å². The predicted molar refractivity (Wildman–Crippen MR) is 102 cm³/mol. The highest BCUT2D eigenvalue weighted by Crippen LogP contribution is 2.32. The number of fused-ring (bicyclic) bond motifs is 1. The van der Waals surface area contributed by atoms with Crippen LogP contribution in [0.1, 0.15) is 23.2 Å². The van der Waals surface area contributed by atoms with Gasteiger partial charge in [0.1, 0.15) is 5.82 Å². The number of amides is 3. The average Bonchev–Trinajstić information content (AvgIpc) is 2.72. The van der Waals surface area contributed by atoms with Crippen molar-refractivity contribution in [2.24, 2.45) is 11.8 Å². The van der Waals surface area contributed by atoms with Gasteiger partial charge in [-0.3, -0.25) is 19.8 Å². The third-order valence-corrected chi connectivity index (χ3v) is 5.02. The molecule has 28 heavy (non-hydrogen) atoms. The molecule has 2 aliphatic rings. The topological polar surface area (TPSA) is 78.5 Å². The third kappa shape index (κ3) is 3.26. The fourth-order valence-corrected chi connectivity index (χ4v) is 3.53. The maximum absolute atomic E-state index is 13.8. The fourth-order valence-electron chi connectivity index (χ4n) is 3.53. The van der Waals surface area contributed by atoms with Gasteiger partial charge in [0.05, 0.1) is 23.2 Å². The molecule has 2 atom stereocenters. The summed E-state index contributed by atoms with van der Waals surface area (Å²) >= 11 is 0. The number of carbonyl (C=O) groups excluding carboxylic acids is 3. The summed E-state index contributed by atoms with van der Waals surface area (Å²) < 4.78 is 13.8. The zero-order chi connectivity index (χ0) is 19.7. The second-order valence-electron chi connectivity index (χ2n) is 6.79. The van der Waals surface area contributed by atoms with Gasteiger partial charge in [-0.1, -0.05) is 30.4 Å². The summed E-state index contributed by atoms with van der Waals surface area (Å²) in [6, 6.07) is 12.2. The molecular formula is C21H18FN3O3. The standard InChI is InChI=1S/C21H18FN3O3/c22-17-10-3-4-11-18(17)23-19(26)13-6-5-7-14(12-13)25-21(28)16-9-2-1-8-15(16)20(27)24-25/h1-7,10-12,15-16H,8-9H2,(H,23,26)(H,24,27). The Bertz CT molecular complexity index is 988. The third-order valence-electron chi connectivity index (χ3n) is 5.02. The number of nitrogens with one attached hydrogen (secondary N) is 2. The van der Waals surface area contributed by atoms with Crippen LogP contribution in [0.5, 0.6) is 0 Å². The number of nitrogens with zero attached hydrogens (tertiary/aromatic N) is 1. The Morgan fingerprint density at radius 3 is 2.57 bits per heavy atom. The smallest absolute Gasteiger partial charge is 0.255 e. The quantitative estimate of drug-likeness (QED) is 0.805. The van der Waals surface area contributed by atoms with E-state index in [0.29, 0.717) is 18.5 Å². The molecule has 0 radical (unpaired) electrons. The minimum Gasteiger partial charge on any atom is -0.319 e.